The maximum Gasteiger partial charge on any atom is 0.332 e. The Kier molecular flexibility index (Phi) is 4.74. The van der Waals surface area contributed by atoms with E-state index in [2.05, 4.69) is 4.72 Å². The number of nitrogens with one attached hydrogen (secondary N) is 1. The number of nitriles is 1. The SMILES string of the molecule is N#Cc1ccc(NS(=O)(=O)C2CCCC=C2C(=O)O)c(Cl)c1. The fourth-order valence-corrected chi connectivity index (χ4v) is 4.21. The number of rotatable bonds is 4. The van der Waals surface area contributed by atoms with Gasteiger partial charge in [0.05, 0.1) is 27.9 Å². The molecule has 0 aromatic heterocycles. The number of hydrogen-bond acceptors (Lipinski definition) is 4. The average Bonchev–Trinajstić information content (AvgIpc) is 2.49. The lowest BCUT2D eigenvalue weighted by atomic mass is 9.99. The van der Waals surface area contributed by atoms with Crippen molar-refractivity contribution in [2.45, 2.75) is 24.5 Å². The molecule has 116 valence electrons. The summed E-state index contributed by atoms with van der Waals surface area (Å²) in [4.78, 5) is 11.2. The summed E-state index contributed by atoms with van der Waals surface area (Å²) < 4.78 is 27.2. The lowest BCUT2D eigenvalue weighted by Crippen LogP contribution is -2.34. The second-order valence-electron chi connectivity index (χ2n) is 4.84. The molecule has 0 spiro atoms. The molecule has 0 saturated heterocycles. The Balaban J connectivity index is 2.32. The van der Waals surface area contributed by atoms with E-state index in [-0.39, 0.29) is 22.7 Å². The van der Waals surface area contributed by atoms with Crippen LogP contribution in [-0.4, -0.2) is 24.7 Å². The summed E-state index contributed by atoms with van der Waals surface area (Å²) in [7, 11) is -3.94. The zero-order valence-electron chi connectivity index (χ0n) is 11.4. The molecule has 0 heterocycles. The molecule has 1 atom stereocenters. The Bertz CT molecular complexity index is 781. The molecule has 2 rings (SSSR count). The molecule has 2 N–H and O–H groups in total. The van der Waals surface area contributed by atoms with Crippen LogP contribution in [0.15, 0.2) is 29.8 Å². The number of hydrogen-bond donors (Lipinski definition) is 2. The van der Waals surface area contributed by atoms with E-state index in [9.17, 15) is 13.2 Å². The molecule has 1 unspecified atom stereocenters. The second kappa shape index (κ2) is 6.38. The van der Waals surface area contributed by atoms with E-state index in [0.29, 0.717) is 18.4 Å². The number of benzene rings is 1. The first kappa shape index (κ1) is 16.3. The highest BCUT2D eigenvalue weighted by Gasteiger charge is 2.34. The van der Waals surface area contributed by atoms with Gasteiger partial charge in [-0.2, -0.15) is 5.26 Å². The van der Waals surface area contributed by atoms with Gasteiger partial charge in [0.1, 0.15) is 5.25 Å². The highest BCUT2D eigenvalue weighted by Crippen LogP contribution is 2.29. The Morgan fingerprint density at radius 1 is 1.45 bits per heavy atom. The van der Waals surface area contributed by atoms with Crippen LogP contribution in [0, 0.1) is 11.3 Å². The highest BCUT2D eigenvalue weighted by molar-refractivity contribution is 7.93. The molecule has 0 aliphatic heterocycles. The number of anilines is 1. The highest BCUT2D eigenvalue weighted by atomic mass is 35.5. The largest absolute Gasteiger partial charge is 0.478 e. The molecule has 0 radical (unpaired) electrons. The molecule has 22 heavy (non-hydrogen) atoms. The van der Waals surface area contributed by atoms with Crippen molar-refractivity contribution in [1.82, 2.24) is 0 Å². The standard InChI is InChI=1S/C14H13ClN2O4S/c15-11-7-9(8-16)5-6-12(11)17-22(20,21)13-4-2-1-3-10(13)14(18)19/h3,5-7,13,17H,1-2,4H2,(H,18,19). The monoisotopic (exact) mass is 340 g/mol. The molecule has 0 fully saturated rings. The molecule has 6 nitrogen and oxygen atoms in total. The smallest absolute Gasteiger partial charge is 0.332 e. The fourth-order valence-electron chi connectivity index (χ4n) is 2.29. The van der Waals surface area contributed by atoms with Gasteiger partial charge in [-0.1, -0.05) is 17.7 Å². The molecule has 0 amide bonds. The third-order valence-corrected chi connectivity index (χ3v) is 5.41. The minimum atomic E-state index is -3.94. The molecule has 8 heteroatoms. The van der Waals surface area contributed by atoms with E-state index in [0.717, 1.165) is 0 Å². The van der Waals surface area contributed by atoms with Gasteiger partial charge in [0.2, 0.25) is 10.0 Å². The van der Waals surface area contributed by atoms with Crippen molar-refractivity contribution in [2.24, 2.45) is 0 Å². The van der Waals surface area contributed by atoms with Crippen molar-refractivity contribution >= 4 is 33.3 Å². The van der Waals surface area contributed by atoms with Crippen molar-refractivity contribution in [3.63, 3.8) is 0 Å². The van der Waals surface area contributed by atoms with Crippen LogP contribution in [0.4, 0.5) is 5.69 Å². The number of halogens is 1. The Morgan fingerprint density at radius 3 is 2.77 bits per heavy atom. The first-order valence-electron chi connectivity index (χ1n) is 6.50. The van der Waals surface area contributed by atoms with E-state index in [1.54, 1.807) is 0 Å². The van der Waals surface area contributed by atoms with Gasteiger partial charge in [-0.05, 0) is 37.5 Å². The van der Waals surface area contributed by atoms with Gasteiger partial charge in [0.25, 0.3) is 0 Å². The number of aliphatic carboxylic acids is 1. The maximum atomic E-state index is 12.4. The summed E-state index contributed by atoms with van der Waals surface area (Å²) in [5.41, 5.74) is 0.302. The maximum absolute atomic E-state index is 12.4. The van der Waals surface area contributed by atoms with E-state index >= 15 is 0 Å². The van der Waals surface area contributed by atoms with E-state index in [1.807, 2.05) is 6.07 Å². The minimum absolute atomic E-state index is 0.0827. The van der Waals surface area contributed by atoms with Gasteiger partial charge >= 0.3 is 5.97 Å². The molecule has 1 aromatic rings. The molecular weight excluding hydrogens is 328 g/mol. The first-order valence-corrected chi connectivity index (χ1v) is 8.42. The van der Waals surface area contributed by atoms with Crippen LogP contribution in [0.3, 0.4) is 0 Å². The third-order valence-electron chi connectivity index (χ3n) is 3.35. The summed E-state index contributed by atoms with van der Waals surface area (Å²) in [6.07, 6.45) is 2.83. The van der Waals surface area contributed by atoms with Crippen molar-refractivity contribution in [3.05, 3.63) is 40.4 Å². The Labute approximate surface area is 133 Å². The van der Waals surface area contributed by atoms with Gasteiger partial charge in [0, 0.05) is 0 Å². The van der Waals surface area contributed by atoms with Crippen LogP contribution in [-0.2, 0) is 14.8 Å². The van der Waals surface area contributed by atoms with E-state index in [4.69, 9.17) is 22.0 Å². The average molecular weight is 341 g/mol. The Morgan fingerprint density at radius 2 is 2.18 bits per heavy atom. The summed E-state index contributed by atoms with van der Waals surface area (Å²) in [6.45, 7) is 0. The fraction of sp³-hybridized carbons (Fsp3) is 0.286. The molecule has 1 aliphatic carbocycles. The topological polar surface area (TPSA) is 107 Å². The molecule has 0 saturated carbocycles. The van der Waals surface area contributed by atoms with Crippen molar-refractivity contribution < 1.29 is 18.3 Å². The number of sulfonamides is 1. The predicted molar refractivity (Wildman–Crippen MR) is 82.1 cm³/mol. The minimum Gasteiger partial charge on any atom is -0.478 e. The number of allylic oxidation sites excluding steroid dienone is 1. The van der Waals surface area contributed by atoms with E-state index in [1.165, 1.54) is 24.3 Å². The van der Waals surface area contributed by atoms with Crippen LogP contribution in [0.2, 0.25) is 5.02 Å². The lowest BCUT2D eigenvalue weighted by molar-refractivity contribution is -0.132. The van der Waals surface area contributed by atoms with Gasteiger partial charge in [-0.15, -0.1) is 0 Å². The summed E-state index contributed by atoms with van der Waals surface area (Å²) >= 11 is 5.94. The van der Waals surface area contributed by atoms with Crippen molar-refractivity contribution in [1.29, 1.82) is 5.26 Å². The summed E-state index contributed by atoms with van der Waals surface area (Å²) in [5, 5.41) is 16.9. The zero-order valence-corrected chi connectivity index (χ0v) is 13.0. The zero-order chi connectivity index (χ0) is 16.3. The van der Waals surface area contributed by atoms with Crippen LogP contribution in [0.5, 0.6) is 0 Å². The van der Waals surface area contributed by atoms with Crippen LogP contribution < -0.4 is 4.72 Å². The molecule has 1 aromatic carbocycles. The number of carboxylic acids is 1. The van der Waals surface area contributed by atoms with Gasteiger partial charge in [-0.25, -0.2) is 13.2 Å². The third kappa shape index (κ3) is 3.40. The van der Waals surface area contributed by atoms with Gasteiger partial charge in [-0.3, -0.25) is 4.72 Å². The Hall–Kier alpha value is -2.04. The van der Waals surface area contributed by atoms with Crippen molar-refractivity contribution in [2.75, 3.05) is 4.72 Å². The van der Waals surface area contributed by atoms with E-state index < -0.39 is 21.2 Å². The van der Waals surface area contributed by atoms with Gasteiger partial charge in [0.15, 0.2) is 0 Å². The van der Waals surface area contributed by atoms with Crippen LogP contribution in [0.1, 0.15) is 24.8 Å². The number of carbonyl (C=O) groups is 1. The lowest BCUT2D eigenvalue weighted by Gasteiger charge is -2.22. The second-order valence-corrected chi connectivity index (χ2v) is 7.11. The van der Waals surface area contributed by atoms with Crippen LogP contribution >= 0.6 is 11.6 Å². The molecule has 1 aliphatic rings. The summed E-state index contributed by atoms with van der Waals surface area (Å²) in [6, 6.07) is 6.05. The first-order chi connectivity index (χ1) is 10.3. The van der Waals surface area contributed by atoms with Crippen molar-refractivity contribution in [3.8, 4) is 6.07 Å². The van der Waals surface area contributed by atoms with Gasteiger partial charge < -0.3 is 5.11 Å². The molecule has 0 bridgehead atoms. The normalized spacial score (nSPS) is 18.2. The summed E-state index contributed by atoms with van der Waals surface area (Å²) in [5.74, 6) is -1.24. The predicted octanol–water partition coefficient (Wildman–Crippen LogP) is 2.52. The number of nitrogens with zero attached hydrogens (tertiary/aromatic N) is 1. The number of carboxylic acid groups (broad SMARTS) is 1. The molecular formula is C14H13ClN2O4S. The quantitative estimate of drug-likeness (QED) is 0.875. The van der Waals surface area contributed by atoms with Crippen LogP contribution in [0.25, 0.3) is 0 Å².